The standard InChI is InChI=1S/C16H24N4O2/c21-15-4-3-7-19(15)13-8-17-20(11-13)14-9-18(10-14)12-16(22)5-1-2-6-16/h8,11,14,22H,1-7,9-10,12H2. The average molecular weight is 304 g/mol. The van der Waals surface area contributed by atoms with Gasteiger partial charge in [-0.1, -0.05) is 12.8 Å². The van der Waals surface area contributed by atoms with Crippen LogP contribution in [0.15, 0.2) is 12.4 Å². The maximum Gasteiger partial charge on any atom is 0.227 e. The summed E-state index contributed by atoms with van der Waals surface area (Å²) in [7, 11) is 0. The highest BCUT2D eigenvalue weighted by molar-refractivity contribution is 5.95. The van der Waals surface area contributed by atoms with E-state index in [4.69, 9.17) is 0 Å². The maximum absolute atomic E-state index is 11.8. The van der Waals surface area contributed by atoms with Crippen molar-refractivity contribution < 1.29 is 9.90 Å². The number of β-amino-alcohol motifs (C(OH)–C–C–N with tert-alkyl or cyclic N) is 1. The van der Waals surface area contributed by atoms with Gasteiger partial charge in [-0.25, -0.2) is 0 Å². The Labute approximate surface area is 130 Å². The van der Waals surface area contributed by atoms with E-state index in [2.05, 4.69) is 10.00 Å². The molecule has 1 N–H and O–H groups in total. The molecule has 1 aliphatic carbocycles. The molecular weight excluding hydrogens is 280 g/mol. The highest BCUT2D eigenvalue weighted by atomic mass is 16.3. The Balaban J connectivity index is 1.33. The van der Waals surface area contributed by atoms with Crippen molar-refractivity contribution in [1.82, 2.24) is 14.7 Å². The molecule has 3 aliphatic rings. The molecule has 0 unspecified atom stereocenters. The number of hydrogen-bond acceptors (Lipinski definition) is 4. The first-order valence-electron chi connectivity index (χ1n) is 8.42. The van der Waals surface area contributed by atoms with Crippen molar-refractivity contribution in [3.8, 4) is 0 Å². The molecule has 1 amide bonds. The number of likely N-dealkylation sites (tertiary alicyclic amines) is 1. The zero-order chi connectivity index (χ0) is 15.2. The summed E-state index contributed by atoms with van der Waals surface area (Å²) in [6.45, 7) is 3.49. The maximum atomic E-state index is 11.8. The van der Waals surface area contributed by atoms with Gasteiger partial charge < -0.3 is 10.0 Å². The molecule has 0 aromatic carbocycles. The molecular formula is C16H24N4O2. The van der Waals surface area contributed by atoms with Gasteiger partial charge in [-0.15, -0.1) is 0 Å². The second-order valence-corrected chi connectivity index (χ2v) is 7.11. The minimum atomic E-state index is -0.456. The summed E-state index contributed by atoms with van der Waals surface area (Å²) in [6.07, 6.45) is 9.58. The number of carbonyl (C=O) groups excluding carboxylic acids is 1. The van der Waals surface area contributed by atoms with Crippen LogP contribution in [0.5, 0.6) is 0 Å². The van der Waals surface area contributed by atoms with Crippen molar-refractivity contribution in [2.75, 3.05) is 31.1 Å². The van der Waals surface area contributed by atoms with Crippen molar-refractivity contribution in [3.05, 3.63) is 12.4 Å². The number of hydrogen-bond donors (Lipinski definition) is 1. The van der Waals surface area contributed by atoms with Crippen LogP contribution in [0.1, 0.15) is 44.6 Å². The van der Waals surface area contributed by atoms with E-state index in [1.165, 1.54) is 0 Å². The summed E-state index contributed by atoms with van der Waals surface area (Å²) in [6, 6.07) is 0.372. The van der Waals surface area contributed by atoms with Gasteiger partial charge in [-0.05, 0) is 19.3 Å². The van der Waals surface area contributed by atoms with Crippen LogP contribution in [0.4, 0.5) is 5.69 Å². The van der Waals surface area contributed by atoms with Gasteiger partial charge in [0.2, 0.25) is 5.91 Å². The van der Waals surface area contributed by atoms with Crippen LogP contribution < -0.4 is 4.90 Å². The van der Waals surface area contributed by atoms with E-state index in [1.807, 2.05) is 15.8 Å². The van der Waals surface area contributed by atoms with Crippen LogP contribution >= 0.6 is 0 Å². The summed E-state index contributed by atoms with van der Waals surface area (Å²) in [5, 5.41) is 14.9. The molecule has 2 saturated heterocycles. The van der Waals surface area contributed by atoms with Crippen LogP contribution in [-0.4, -0.2) is 57.5 Å². The molecule has 6 heteroatoms. The fourth-order valence-corrected chi connectivity index (χ4v) is 4.03. The normalized spacial score (nSPS) is 25.9. The Morgan fingerprint density at radius 2 is 2.05 bits per heavy atom. The molecule has 22 heavy (non-hydrogen) atoms. The lowest BCUT2D eigenvalue weighted by Crippen LogP contribution is -2.53. The first kappa shape index (κ1) is 14.2. The number of nitrogens with zero attached hydrogens (tertiary/aromatic N) is 4. The summed E-state index contributed by atoms with van der Waals surface area (Å²) in [5.41, 5.74) is 0.470. The molecule has 1 saturated carbocycles. The van der Waals surface area contributed by atoms with E-state index in [9.17, 15) is 9.90 Å². The molecule has 1 aromatic rings. The van der Waals surface area contributed by atoms with E-state index in [-0.39, 0.29) is 5.91 Å². The van der Waals surface area contributed by atoms with Gasteiger partial charge >= 0.3 is 0 Å². The first-order valence-corrected chi connectivity index (χ1v) is 8.42. The molecule has 0 bridgehead atoms. The fraction of sp³-hybridized carbons (Fsp3) is 0.750. The number of carbonyl (C=O) groups is 1. The predicted octanol–water partition coefficient (Wildman–Crippen LogP) is 1.17. The third kappa shape index (κ3) is 2.54. The molecule has 6 nitrogen and oxygen atoms in total. The Morgan fingerprint density at radius 1 is 1.27 bits per heavy atom. The lowest BCUT2D eigenvalue weighted by atomic mass is 9.98. The largest absolute Gasteiger partial charge is 0.389 e. The third-order valence-corrected chi connectivity index (χ3v) is 5.34. The van der Waals surface area contributed by atoms with Gasteiger partial charge in [-0.3, -0.25) is 14.4 Å². The summed E-state index contributed by atoms with van der Waals surface area (Å²) < 4.78 is 1.98. The Bertz CT molecular complexity index is 558. The van der Waals surface area contributed by atoms with Gasteiger partial charge in [0.15, 0.2) is 0 Å². The summed E-state index contributed by atoms with van der Waals surface area (Å²) in [4.78, 5) is 15.9. The first-order chi connectivity index (χ1) is 10.6. The van der Waals surface area contributed by atoms with E-state index in [1.54, 1.807) is 6.20 Å². The lowest BCUT2D eigenvalue weighted by molar-refractivity contribution is -0.117. The SMILES string of the molecule is O=C1CCCN1c1cnn(C2CN(CC3(O)CCCC3)C2)c1. The average Bonchev–Trinajstić information content (AvgIpc) is 3.15. The van der Waals surface area contributed by atoms with E-state index in [0.29, 0.717) is 12.5 Å². The molecule has 0 spiro atoms. The molecule has 1 aromatic heterocycles. The van der Waals surface area contributed by atoms with Crippen LogP contribution in [-0.2, 0) is 4.79 Å². The number of amides is 1. The highest BCUT2D eigenvalue weighted by Crippen LogP contribution is 2.33. The van der Waals surface area contributed by atoms with Gasteiger partial charge in [-0.2, -0.15) is 5.10 Å². The van der Waals surface area contributed by atoms with E-state index in [0.717, 1.165) is 64.0 Å². The van der Waals surface area contributed by atoms with Crippen LogP contribution in [0.2, 0.25) is 0 Å². The Kier molecular flexibility index (Phi) is 3.46. The number of anilines is 1. The summed E-state index contributed by atoms with van der Waals surface area (Å²) >= 11 is 0. The van der Waals surface area contributed by atoms with Gasteiger partial charge in [0.1, 0.15) is 0 Å². The topological polar surface area (TPSA) is 61.6 Å². The molecule has 4 rings (SSSR count). The van der Waals surface area contributed by atoms with Crippen molar-refractivity contribution in [3.63, 3.8) is 0 Å². The summed E-state index contributed by atoms with van der Waals surface area (Å²) in [5.74, 6) is 0.207. The number of rotatable bonds is 4. The van der Waals surface area contributed by atoms with Crippen molar-refractivity contribution in [2.45, 2.75) is 50.2 Å². The minimum absolute atomic E-state index is 0.207. The zero-order valence-electron chi connectivity index (χ0n) is 12.9. The van der Waals surface area contributed by atoms with Crippen LogP contribution in [0, 0.1) is 0 Å². The van der Waals surface area contributed by atoms with Crippen molar-refractivity contribution in [2.24, 2.45) is 0 Å². The highest BCUT2D eigenvalue weighted by Gasteiger charge is 2.38. The number of aromatic nitrogens is 2. The van der Waals surface area contributed by atoms with Crippen LogP contribution in [0.3, 0.4) is 0 Å². The molecule has 2 aliphatic heterocycles. The predicted molar refractivity (Wildman–Crippen MR) is 82.7 cm³/mol. The van der Waals surface area contributed by atoms with Gasteiger partial charge in [0, 0.05) is 38.8 Å². The van der Waals surface area contributed by atoms with E-state index < -0.39 is 5.60 Å². The molecule has 3 fully saturated rings. The van der Waals surface area contributed by atoms with Crippen molar-refractivity contribution >= 4 is 11.6 Å². The molecule has 3 heterocycles. The second kappa shape index (κ2) is 5.35. The third-order valence-electron chi connectivity index (χ3n) is 5.34. The molecule has 0 radical (unpaired) electrons. The molecule has 120 valence electrons. The lowest BCUT2D eigenvalue weighted by Gasteiger charge is -2.42. The monoisotopic (exact) mass is 304 g/mol. The number of aliphatic hydroxyl groups is 1. The molecule has 0 atom stereocenters. The fourth-order valence-electron chi connectivity index (χ4n) is 4.03. The Morgan fingerprint density at radius 3 is 2.73 bits per heavy atom. The Hall–Kier alpha value is -1.40. The minimum Gasteiger partial charge on any atom is -0.389 e. The quantitative estimate of drug-likeness (QED) is 0.907. The smallest absolute Gasteiger partial charge is 0.227 e. The van der Waals surface area contributed by atoms with E-state index >= 15 is 0 Å². The second-order valence-electron chi connectivity index (χ2n) is 7.11. The van der Waals surface area contributed by atoms with Crippen LogP contribution in [0.25, 0.3) is 0 Å². The van der Waals surface area contributed by atoms with Gasteiger partial charge in [0.25, 0.3) is 0 Å². The zero-order valence-corrected chi connectivity index (χ0v) is 12.9. The van der Waals surface area contributed by atoms with Crippen molar-refractivity contribution in [1.29, 1.82) is 0 Å². The van der Waals surface area contributed by atoms with Gasteiger partial charge in [0.05, 0.1) is 23.5 Å².